The molecule has 2 atom stereocenters. The van der Waals surface area contributed by atoms with E-state index in [1.165, 1.54) is 0 Å². The molecule has 0 fully saturated rings. The SMILES string of the molecule is O=[N+]([O-])c1cc2c3c4c(cccc14)CC([N+](=O)[O-])C3CCC2. The summed E-state index contributed by atoms with van der Waals surface area (Å²) in [5.41, 5.74) is 2.91. The fourth-order valence-corrected chi connectivity index (χ4v) is 4.19. The number of nitro groups is 2. The molecule has 2 aromatic carbocycles. The third-order valence-corrected chi connectivity index (χ3v) is 5.05. The number of hydrogen-bond donors (Lipinski definition) is 0. The lowest BCUT2D eigenvalue weighted by atomic mass is 9.70. The van der Waals surface area contributed by atoms with Crippen molar-refractivity contribution >= 4 is 16.5 Å². The molecule has 6 nitrogen and oxygen atoms in total. The first-order valence-corrected chi connectivity index (χ1v) is 7.43. The van der Waals surface area contributed by atoms with E-state index in [1.54, 1.807) is 18.2 Å². The second-order valence-corrected chi connectivity index (χ2v) is 6.12. The van der Waals surface area contributed by atoms with E-state index in [1.807, 2.05) is 6.07 Å². The molecule has 6 heteroatoms. The highest BCUT2D eigenvalue weighted by atomic mass is 16.6. The van der Waals surface area contributed by atoms with E-state index in [0.29, 0.717) is 11.8 Å². The summed E-state index contributed by atoms with van der Waals surface area (Å²) >= 11 is 0. The average Bonchev–Trinajstić information content (AvgIpc) is 2.51. The molecule has 4 rings (SSSR count). The Kier molecular flexibility index (Phi) is 2.69. The van der Waals surface area contributed by atoms with Crippen molar-refractivity contribution in [2.45, 2.75) is 37.6 Å². The van der Waals surface area contributed by atoms with Gasteiger partial charge in [0.1, 0.15) is 0 Å². The van der Waals surface area contributed by atoms with Crippen molar-refractivity contribution in [1.29, 1.82) is 0 Å². The Morgan fingerprint density at radius 3 is 2.68 bits per heavy atom. The van der Waals surface area contributed by atoms with E-state index in [4.69, 9.17) is 0 Å². The van der Waals surface area contributed by atoms with Gasteiger partial charge in [0.25, 0.3) is 5.69 Å². The van der Waals surface area contributed by atoms with Gasteiger partial charge in [-0.15, -0.1) is 0 Å². The van der Waals surface area contributed by atoms with E-state index < -0.39 is 6.04 Å². The quantitative estimate of drug-likeness (QED) is 0.628. The van der Waals surface area contributed by atoms with Gasteiger partial charge in [-0.25, -0.2) is 0 Å². The maximum absolute atomic E-state index is 11.5. The third-order valence-electron chi connectivity index (χ3n) is 5.05. The fourth-order valence-electron chi connectivity index (χ4n) is 4.19. The zero-order chi connectivity index (χ0) is 15.4. The van der Waals surface area contributed by atoms with Crippen LogP contribution in [0.2, 0.25) is 0 Å². The number of rotatable bonds is 2. The largest absolute Gasteiger partial charge is 0.277 e. The van der Waals surface area contributed by atoms with Gasteiger partial charge >= 0.3 is 0 Å². The number of nitro benzene ring substituents is 1. The topological polar surface area (TPSA) is 86.3 Å². The van der Waals surface area contributed by atoms with Crippen LogP contribution in [-0.2, 0) is 12.8 Å². The highest BCUT2D eigenvalue weighted by Crippen LogP contribution is 2.47. The Morgan fingerprint density at radius 1 is 1.14 bits per heavy atom. The molecule has 0 N–H and O–H groups in total. The van der Waals surface area contributed by atoms with Crippen LogP contribution < -0.4 is 0 Å². The first kappa shape index (κ1) is 13.2. The zero-order valence-electron chi connectivity index (χ0n) is 11.8. The lowest BCUT2D eigenvalue weighted by Gasteiger charge is -2.33. The molecule has 2 aliphatic carbocycles. The Hall–Kier alpha value is -2.50. The molecule has 0 radical (unpaired) electrons. The Balaban J connectivity index is 2.10. The van der Waals surface area contributed by atoms with Crippen LogP contribution in [0.3, 0.4) is 0 Å². The lowest BCUT2D eigenvalue weighted by molar-refractivity contribution is -0.527. The minimum absolute atomic E-state index is 0.114. The van der Waals surface area contributed by atoms with Gasteiger partial charge < -0.3 is 0 Å². The molecule has 0 aromatic heterocycles. The number of non-ortho nitro benzene ring substituents is 1. The van der Waals surface area contributed by atoms with Crippen molar-refractivity contribution in [3.63, 3.8) is 0 Å². The van der Waals surface area contributed by atoms with Crippen LogP contribution in [0.4, 0.5) is 5.69 Å². The molecule has 0 aliphatic heterocycles. The van der Waals surface area contributed by atoms with E-state index in [0.717, 1.165) is 41.3 Å². The average molecular weight is 298 g/mol. The van der Waals surface area contributed by atoms with Gasteiger partial charge in [-0.1, -0.05) is 12.1 Å². The number of nitrogens with zero attached hydrogens (tertiary/aromatic N) is 2. The molecule has 22 heavy (non-hydrogen) atoms. The van der Waals surface area contributed by atoms with Gasteiger partial charge in [-0.05, 0) is 47.4 Å². The maximum atomic E-state index is 11.5. The van der Waals surface area contributed by atoms with Gasteiger partial charge in [0, 0.05) is 17.4 Å². The summed E-state index contributed by atoms with van der Waals surface area (Å²) in [6, 6.07) is 6.41. The Bertz CT molecular complexity index is 830. The summed E-state index contributed by atoms with van der Waals surface area (Å²) < 4.78 is 0. The van der Waals surface area contributed by atoms with Crippen LogP contribution in [0, 0.1) is 20.2 Å². The minimum Gasteiger partial charge on any atom is -0.264 e. The van der Waals surface area contributed by atoms with Gasteiger partial charge in [-0.2, -0.15) is 0 Å². The van der Waals surface area contributed by atoms with Crippen molar-refractivity contribution < 1.29 is 9.85 Å². The normalized spacial score (nSPS) is 22.5. The van der Waals surface area contributed by atoms with Crippen LogP contribution in [0.25, 0.3) is 10.8 Å². The Labute approximate surface area is 126 Å². The van der Waals surface area contributed by atoms with Crippen LogP contribution in [0.1, 0.15) is 35.4 Å². The maximum Gasteiger partial charge on any atom is 0.277 e. The van der Waals surface area contributed by atoms with Crippen LogP contribution in [0.5, 0.6) is 0 Å². The van der Waals surface area contributed by atoms with Crippen molar-refractivity contribution in [2.24, 2.45) is 0 Å². The Morgan fingerprint density at radius 2 is 1.95 bits per heavy atom. The summed E-state index contributed by atoms with van der Waals surface area (Å²) in [5.74, 6) is -0.114. The number of aryl methyl sites for hydroxylation is 1. The second kappa shape index (κ2) is 4.50. The monoisotopic (exact) mass is 298 g/mol. The molecule has 0 saturated carbocycles. The van der Waals surface area contributed by atoms with Crippen LogP contribution in [0.15, 0.2) is 24.3 Å². The molecule has 0 spiro atoms. The first-order chi connectivity index (χ1) is 10.6. The molecule has 2 aliphatic rings. The lowest BCUT2D eigenvalue weighted by Crippen LogP contribution is -2.35. The molecule has 0 heterocycles. The highest BCUT2D eigenvalue weighted by molar-refractivity contribution is 5.98. The summed E-state index contributed by atoms with van der Waals surface area (Å²) in [7, 11) is 0. The molecule has 2 unspecified atom stereocenters. The summed E-state index contributed by atoms with van der Waals surface area (Å²) in [6.07, 6.45) is 2.77. The molecule has 112 valence electrons. The highest BCUT2D eigenvalue weighted by Gasteiger charge is 2.42. The van der Waals surface area contributed by atoms with Gasteiger partial charge in [0.2, 0.25) is 6.04 Å². The molecular weight excluding hydrogens is 284 g/mol. The van der Waals surface area contributed by atoms with E-state index in [-0.39, 0.29) is 21.5 Å². The van der Waals surface area contributed by atoms with Crippen molar-refractivity contribution in [3.05, 3.63) is 61.2 Å². The van der Waals surface area contributed by atoms with Crippen LogP contribution in [-0.4, -0.2) is 15.9 Å². The van der Waals surface area contributed by atoms with Gasteiger partial charge in [0.05, 0.1) is 16.2 Å². The first-order valence-electron chi connectivity index (χ1n) is 7.43. The third kappa shape index (κ3) is 1.66. The number of hydrogen-bond acceptors (Lipinski definition) is 4. The predicted molar refractivity (Wildman–Crippen MR) is 80.8 cm³/mol. The van der Waals surface area contributed by atoms with E-state index >= 15 is 0 Å². The zero-order valence-corrected chi connectivity index (χ0v) is 11.8. The number of benzene rings is 2. The van der Waals surface area contributed by atoms with Crippen molar-refractivity contribution in [2.75, 3.05) is 0 Å². The standard InChI is InChI=1S/C16H14N2O4/c19-17(20)13-8-10-4-2-6-12-14(18(21)22)7-9-3-1-5-11(13)15(9)16(10)12/h1,3,5,8,12,14H,2,4,6-7H2. The van der Waals surface area contributed by atoms with Crippen LogP contribution >= 0.6 is 0 Å². The van der Waals surface area contributed by atoms with Gasteiger partial charge in [0.15, 0.2) is 0 Å². The van der Waals surface area contributed by atoms with Crippen molar-refractivity contribution in [3.8, 4) is 0 Å². The molecular formula is C16H14N2O4. The molecule has 0 bridgehead atoms. The predicted octanol–water partition coefficient (Wildman–Crippen LogP) is 3.37. The van der Waals surface area contributed by atoms with E-state index in [2.05, 4.69) is 0 Å². The van der Waals surface area contributed by atoms with E-state index in [9.17, 15) is 20.2 Å². The summed E-state index contributed by atoms with van der Waals surface area (Å²) in [4.78, 5) is 22.3. The minimum atomic E-state index is -0.612. The fraction of sp³-hybridized carbons (Fsp3) is 0.375. The van der Waals surface area contributed by atoms with Gasteiger partial charge in [-0.3, -0.25) is 20.2 Å². The summed E-state index contributed by atoms with van der Waals surface area (Å²) in [6.45, 7) is 0. The molecule has 0 saturated heterocycles. The molecule has 0 amide bonds. The smallest absolute Gasteiger partial charge is 0.264 e. The second-order valence-electron chi connectivity index (χ2n) is 6.12. The molecule has 2 aromatic rings. The van der Waals surface area contributed by atoms with Crippen molar-refractivity contribution in [1.82, 2.24) is 0 Å². The summed E-state index contributed by atoms with van der Waals surface area (Å²) in [5, 5.41) is 24.4.